The van der Waals surface area contributed by atoms with Crippen LogP contribution in [0, 0.1) is 5.82 Å². The van der Waals surface area contributed by atoms with Crippen molar-refractivity contribution in [1.29, 1.82) is 0 Å². The molecule has 0 bridgehead atoms. The van der Waals surface area contributed by atoms with Crippen molar-refractivity contribution in [2.24, 2.45) is 7.05 Å². The first-order chi connectivity index (χ1) is 9.86. The number of aromatic nitrogens is 5. The Morgan fingerprint density at radius 3 is 2.76 bits per heavy atom. The normalized spacial score (nSPS) is 12.1. The zero-order valence-electron chi connectivity index (χ0n) is 10.7. The van der Waals surface area contributed by atoms with Crippen molar-refractivity contribution in [2.45, 2.75) is 11.4 Å². The number of rotatable bonds is 3. The van der Waals surface area contributed by atoms with Gasteiger partial charge in [-0.3, -0.25) is 0 Å². The summed E-state index contributed by atoms with van der Waals surface area (Å²) in [7, 11) is 2.92. The number of hydrogen-bond acceptors (Lipinski definition) is 5. The zero-order valence-corrected chi connectivity index (χ0v) is 12.3. The Bertz CT molecular complexity index is 933. The summed E-state index contributed by atoms with van der Waals surface area (Å²) in [6, 6.07) is 4.27. The fourth-order valence-electron chi connectivity index (χ4n) is 2.13. The molecule has 0 atom stereocenters. The summed E-state index contributed by atoms with van der Waals surface area (Å²) in [4.78, 5) is 1.00. The Balaban J connectivity index is 2.22. The molecule has 2 heterocycles. The van der Waals surface area contributed by atoms with Crippen molar-refractivity contribution in [3.05, 3.63) is 36.0 Å². The van der Waals surface area contributed by atoms with Crippen LogP contribution < -0.4 is 0 Å². The standard InChI is InChI=1S/C11H9ClFN5O2S/c1-17-15-10(14-16-17)6-18-5-9(21(12,19)20)11-7(13)3-2-4-8(11)18/h2-5H,6H2,1H3. The number of fused-ring (bicyclic) bond motifs is 1. The molecule has 0 aliphatic rings. The molecule has 0 N–H and O–H groups in total. The number of nitrogens with zero attached hydrogens (tertiary/aromatic N) is 5. The van der Waals surface area contributed by atoms with Gasteiger partial charge in [0.2, 0.25) is 0 Å². The second-order valence-electron chi connectivity index (χ2n) is 4.39. The predicted molar refractivity (Wildman–Crippen MR) is 72.8 cm³/mol. The highest BCUT2D eigenvalue weighted by Gasteiger charge is 2.22. The van der Waals surface area contributed by atoms with Crippen LogP contribution in [0.5, 0.6) is 0 Å². The molecule has 0 spiro atoms. The van der Waals surface area contributed by atoms with Gasteiger partial charge < -0.3 is 4.57 Å². The predicted octanol–water partition coefficient (Wildman–Crippen LogP) is 1.28. The molecule has 1 aromatic carbocycles. The molecule has 3 aromatic rings. The fraction of sp³-hybridized carbons (Fsp3) is 0.182. The minimum atomic E-state index is -4.07. The van der Waals surface area contributed by atoms with Crippen LogP contribution in [-0.4, -0.2) is 33.2 Å². The lowest BCUT2D eigenvalue weighted by molar-refractivity contribution is 0.607. The maximum Gasteiger partial charge on any atom is 0.263 e. The Morgan fingerprint density at radius 2 is 2.14 bits per heavy atom. The van der Waals surface area contributed by atoms with Gasteiger partial charge in [0.1, 0.15) is 10.7 Å². The molecule has 0 fully saturated rings. The molecule has 0 amide bonds. The largest absolute Gasteiger partial charge is 0.338 e. The van der Waals surface area contributed by atoms with Gasteiger partial charge in [-0.2, -0.15) is 4.80 Å². The van der Waals surface area contributed by atoms with Crippen molar-refractivity contribution in [2.75, 3.05) is 0 Å². The molecule has 0 unspecified atom stereocenters. The Morgan fingerprint density at radius 1 is 1.38 bits per heavy atom. The average molecular weight is 330 g/mol. The lowest BCUT2D eigenvalue weighted by Crippen LogP contribution is -2.01. The summed E-state index contributed by atoms with van der Waals surface area (Å²) in [5, 5.41) is 11.5. The first-order valence-electron chi connectivity index (χ1n) is 5.81. The lowest BCUT2D eigenvalue weighted by Gasteiger charge is -2.01. The molecule has 10 heteroatoms. The number of aryl methyl sites for hydroxylation is 1. The van der Waals surface area contributed by atoms with E-state index in [-0.39, 0.29) is 16.8 Å². The third-order valence-corrected chi connectivity index (χ3v) is 4.28. The maximum atomic E-state index is 13.9. The maximum absolute atomic E-state index is 13.9. The van der Waals surface area contributed by atoms with Gasteiger partial charge in [-0.1, -0.05) is 6.07 Å². The highest BCUT2D eigenvalue weighted by Crippen LogP contribution is 2.30. The molecule has 0 saturated heterocycles. The first kappa shape index (κ1) is 14.0. The van der Waals surface area contributed by atoms with Crippen molar-refractivity contribution < 1.29 is 12.8 Å². The molecule has 0 aliphatic heterocycles. The Hall–Kier alpha value is -2.00. The van der Waals surface area contributed by atoms with Crippen LogP contribution >= 0.6 is 10.7 Å². The summed E-state index contributed by atoms with van der Waals surface area (Å²) in [5.41, 5.74) is 0.390. The summed E-state index contributed by atoms with van der Waals surface area (Å²) in [6.07, 6.45) is 1.27. The molecular formula is C11H9ClFN5O2S. The van der Waals surface area contributed by atoms with Gasteiger partial charge in [0, 0.05) is 16.9 Å². The highest BCUT2D eigenvalue weighted by molar-refractivity contribution is 8.14. The van der Waals surface area contributed by atoms with Gasteiger partial charge >= 0.3 is 0 Å². The Kier molecular flexibility index (Phi) is 3.18. The molecule has 2 aromatic heterocycles. The molecule has 110 valence electrons. The minimum absolute atomic E-state index is 0.0450. The van der Waals surface area contributed by atoms with E-state index in [1.807, 2.05) is 0 Å². The van der Waals surface area contributed by atoms with Crippen LogP contribution in [0.2, 0.25) is 0 Å². The van der Waals surface area contributed by atoms with E-state index >= 15 is 0 Å². The molecule has 0 aliphatic carbocycles. The van der Waals surface area contributed by atoms with E-state index in [4.69, 9.17) is 10.7 Å². The van der Waals surface area contributed by atoms with Gasteiger partial charge in [0.25, 0.3) is 9.05 Å². The summed E-state index contributed by atoms with van der Waals surface area (Å²) in [6.45, 7) is 0.153. The van der Waals surface area contributed by atoms with Gasteiger partial charge in [-0.15, -0.1) is 10.2 Å². The molecule has 7 nitrogen and oxygen atoms in total. The number of halogens is 2. The van der Waals surface area contributed by atoms with Crippen molar-refractivity contribution >= 4 is 30.6 Å². The molecule has 0 saturated carbocycles. The van der Waals surface area contributed by atoms with E-state index < -0.39 is 14.9 Å². The van der Waals surface area contributed by atoms with Crippen LogP contribution in [0.25, 0.3) is 10.9 Å². The molecule has 21 heavy (non-hydrogen) atoms. The SMILES string of the molecule is Cn1nnc(Cn2cc(S(=O)(=O)Cl)c3c(F)cccc32)n1. The van der Waals surface area contributed by atoms with Crippen LogP contribution in [0.4, 0.5) is 4.39 Å². The first-order valence-corrected chi connectivity index (χ1v) is 8.12. The van der Waals surface area contributed by atoms with E-state index in [1.54, 1.807) is 13.1 Å². The number of benzene rings is 1. The van der Waals surface area contributed by atoms with Crippen LogP contribution in [0.15, 0.2) is 29.3 Å². The van der Waals surface area contributed by atoms with Gasteiger partial charge in [0.15, 0.2) is 5.82 Å². The van der Waals surface area contributed by atoms with Crippen molar-refractivity contribution in [3.8, 4) is 0 Å². The van der Waals surface area contributed by atoms with Gasteiger partial charge in [-0.05, 0) is 17.3 Å². The smallest absolute Gasteiger partial charge is 0.263 e. The number of hydrogen-bond donors (Lipinski definition) is 0. The third-order valence-electron chi connectivity index (χ3n) is 2.94. The minimum Gasteiger partial charge on any atom is -0.338 e. The third kappa shape index (κ3) is 2.49. The topological polar surface area (TPSA) is 82.7 Å². The summed E-state index contributed by atoms with van der Waals surface area (Å²) in [5.74, 6) is -0.283. The summed E-state index contributed by atoms with van der Waals surface area (Å²) < 4.78 is 38.7. The number of tetrazole rings is 1. The van der Waals surface area contributed by atoms with E-state index in [0.29, 0.717) is 11.3 Å². The van der Waals surface area contributed by atoms with E-state index in [1.165, 1.54) is 27.7 Å². The highest BCUT2D eigenvalue weighted by atomic mass is 35.7. The monoisotopic (exact) mass is 329 g/mol. The lowest BCUT2D eigenvalue weighted by atomic mass is 10.2. The molecule has 0 radical (unpaired) electrons. The molecular weight excluding hydrogens is 321 g/mol. The average Bonchev–Trinajstić information content (AvgIpc) is 2.95. The van der Waals surface area contributed by atoms with Crippen LogP contribution in [0.1, 0.15) is 5.82 Å². The Labute approximate surface area is 123 Å². The fourth-order valence-corrected chi connectivity index (χ4v) is 3.18. The molecule has 3 rings (SSSR count). The van der Waals surface area contributed by atoms with Crippen molar-refractivity contribution in [1.82, 2.24) is 24.8 Å². The second kappa shape index (κ2) is 4.78. The van der Waals surface area contributed by atoms with Gasteiger partial charge in [-0.25, -0.2) is 12.8 Å². The summed E-state index contributed by atoms with van der Waals surface area (Å²) >= 11 is 0. The quantitative estimate of drug-likeness (QED) is 0.676. The van der Waals surface area contributed by atoms with Crippen LogP contribution in [0.3, 0.4) is 0 Å². The van der Waals surface area contributed by atoms with Crippen molar-refractivity contribution in [3.63, 3.8) is 0 Å². The second-order valence-corrected chi connectivity index (χ2v) is 6.92. The van der Waals surface area contributed by atoms with Gasteiger partial charge in [0.05, 0.1) is 24.5 Å². The van der Waals surface area contributed by atoms with E-state index in [0.717, 1.165) is 0 Å². The zero-order chi connectivity index (χ0) is 15.2. The van der Waals surface area contributed by atoms with Crippen LogP contribution in [-0.2, 0) is 22.6 Å². The van der Waals surface area contributed by atoms with E-state index in [9.17, 15) is 12.8 Å². The van der Waals surface area contributed by atoms with E-state index in [2.05, 4.69) is 15.4 Å².